The summed E-state index contributed by atoms with van der Waals surface area (Å²) >= 11 is 0. The van der Waals surface area contributed by atoms with Gasteiger partial charge in [0, 0.05) is 19.0 Å². The third kappa shape index (κ3) is 37.0. The Bertz CT molecular complexity index is 1070. The maximum absolute atomic E-state index is 12.5. The zero-order valence-corrected chi connectivity index (χ0v) is 32.7. The second-order valence-electron chi connectivity index (χ2n) is 12.6. The third-order valence-electron chi connectivity index (χ3n) is 7.77. The van der Waals surface area contributed by atoms with Crippen LogP contribution >= 0.6 is 7.82 Å². The van der Waals surface area contributed by atoms with E-state index < -0.39 is 32.5 Å². The number of carbonyl (C=O) groups is 2. The summed E-state index contributed by atoms with van der Waals surface area (Å²) in [6.45, 7) is 3.41. The molecule has 0 spiro atoms. The van der Waals surface area contributed by atoms with Crippen molar-refractivity contribution < 1.29 is 37.6 Å². The monoisotopic (exact) mass is 735 g/mol. The highest BCUT2D eigenvalue weighted by Gasteiger charge is 2.25. The van der Waals surface area contributed by atoms with Crippen LogP contribution in [-0.4, -0.2) is 49.3 Å². The highest BCUT2D eigenvalue weighted by molar-refractivity contribution is 7.47. The first-order valence-corrected chi connectivity index (χ1v) is 21.0. The van der Waals surface area contributed by atoms with Crippen molar-refractivity contribution in [3.05, 3.63) is 72.9 Å². The van der Waals surface area contributed by atoms with Crippen LogP contribution in [0.3, 0.4) is 0 Å². The molecule has 0 heterocycles. The molecule has 51 heavy (non-hydrogen) atoms. The van der Waals surface area contributed by atoms with Crippen LogP contribution in [0.15, 0.2) is 72.9 Å². The molecule has 0 amide bonds. The number of allylic oxidation sites excluding steroid dienone is 11. The molecule has 0 radical (unpaired) electrons. The Labute approximate surface area is 310 Å². The Morgan fingerprint density at radius 2 is 1.16 bits per heavy atom. The van der Waals surface area contributed by atoms with E-state index >= 15 is 0 Å². The van der Waals surface area contributed by atoms with E-state index in [0.717, 1.165) is 51.4 Å². The molecule has 2 atom stereocenters. The van der Waals surface area contributed by atoms with Gasteiger partial charge in [0.2, 0.25) is 0 Å². The fraction of sp³-hybridized carbons (Fsp3) is 0.659. The predicted molar refractivity (Wildman–Crippen MR) is 210 cm³/mol. The van der Waals surface area contributed by atoms with Crippen molar-refractivity contribution in [2.75, 3.05) is 26.4 Å². The third-order valence-corrected chi connectivity index (χ3v) is 8.76. The van der Waals surface area contributed by atoms with Crippen molar-refractivity contribution >= 4 is 19.8 Å². The summed E-state index contributed by atoms with van der Waals surface area (Å²) in [6.07, 6.45) is 44.2. The summed E-state index contributed by atoms with van der Waals surface area (Å²) in [5.41, 5.74) is 5.32. The SMILES string of the molecule is CC/C=C/C=C/C=C/C=C/CCCCCCCC(=O)O[C@H](COC(=O)/C=C/C=C/CCCCCCCCCCCCC)COP(=O)(O)OCCN. The summed E-state index contributed by atoms with van der Waals surface area (Å²) in [5.74, 6) is -1.12. The van der Waals surface area contributed by atoms with Crippen molar-refractivity contribution in [1.29, 1.82) is 0 Å². The summed E-state index contributed by atoms with van der Waals surface area (Å²) in [7, 11) is -4.40. The standard InChI is InChI=1S/C41H70NO8P/c1-3-5-7-9-11-13-15-17-19-21-23-25-27-29-31-33-40(43)47-37-39(38-49-51(45,46)48-36-35-42)50-41(44)34-32-30-28-26-24-22-20-18-16-14-12-10-8-6-4-2/h6,8,10,12,14,16,18,20,27,29,31,33,39H,3-5,7,9,11,13,15,17,19,21-26,28,30,32,34-38,42H2,1-2H3,(H,45,46)/b8-6+,12-10+,16-14+,20-18+,29-27+,33-31+/t39-/m1/s1. The lowest BCUT2D eigenvalue weighted by Gasteiger charge is -2.19. The van der Waals surface area contributed by atoms with E-state index in [9.17, 15) is 19.0 Å². The largest absolute Gasteiger partial charge is 0.472 e. The Hall–Kier alpha value is -2.55. The van der Waals surface area contributed by atoms with Crippen molar-refractivity contribution in [2.24, 2.45) is 5.73 Å². The molecule has 0 aromatic heterocycles. The molecule has 0 bridgehead atoms. The Morgan fingerprint density at radius 1 is 0.647 bits per heavy atom. The molecule has 1 unspecified atom stereocenters. The molecule has 0 aliphatic carbocycles. The van der Waals surface area contributed by atoms with Crippen molar-refractivity contribution in [3.63, 3.8) is 0 Å². The number of phosphoric ester groups is 1. The van der Waals surface area contributed by atoms with Crippen molar-refractivity contribution in [1.82, 2.24) is 0 Å². The van der Waals surface area contributed by atoms with Gasteiger partial charge in [-0.05, 0) is 38.5 Å². The van der Waals surface area contributed by atoms with Gasteiger partial charge in [-0.3, -0.25) is 13.8 Å². The maximum Gasteiger partial charge on any atom is 0.472 e. The lowest BCUT2D eigenvalue weighted by Crippen LogP contribution is -2.29. The van der Waals surface area contributed by atoms with E-state index in [2.05, 4.69) is 32.1 Å². The zero-order chi connectivity index (χ0) is 37.5. The number of carbonyl (C=O) groups excluding carboxylic acids is 2. The van der Waals surface area contributed by atoms with E-state index in [1.807, 2.05) is 42.5 Å². The molecular weight excluding hydrogens is 665 g/mol. The molecular formula is C41H70NO8P. The topological polar surface area (TPSA) is 134 Å². The molecule has 0 rings (SSSR count). The lowest BCUT2D eigenvalue weighted by atomic mass is 10.1. The van der Waals surface area contributed by atoms with E-state index in [4.69, 9.17) is 24.3 Å². The van der Waals surface area contributed by atoms with Gasteiger partial charge in [0.25, 0.3) is 0 Å². The van der Waals surface area contributed by atoms with E-state index in [1.54, 1.807) is 6.08 Å². The number of ether oxygens (including phenoxy) is 2. The number of nitrogens with two attached hydrogens (primary N) is 1. The van der Waals surface area contributed by atoms with Crippen LogP contribution in [0.4, 0.5) is 0 Å². The molecule has 10 heteroatoms. The summed E-state index contributed by atoms with van der Waals surface area (Å²) in [4.78, 5) is 34.6. The summed E-state index contributed by atoms with van der Waals surface area (Å²) < 4.78 is 32.5. The van der Waals surface area contributed by atoms with Gasteiger partial charge in [-0.2, -0.15) is 0 Å². The quantitative estimate of drug-likeness (QED) is 0.0214. The number of phosphoric acid groups is 1. The van der Waals surface area contributed by atoms with Crippen molar-refractivity contribution in [2.45, 2.75) is 148 Å². The zero-order valence-electron chi connectivity index (χ0n) is 31.8. The number of hydrogen-bond acceptors (Lipinski definition) is 8. The van der Waals surface area contributed by atoms with Crippen LogP contribution in [-0.2, 0) is 32.7 Å². The van der Waals surface area contributed by atoms with Crippen LogP contribution in [0, 0.1) is 0 Å². The van der Waals surface area contributed by atoms with Gasteiger partial charge in [-0.15, -0.1) is 0 Å². The van der Waals surface area contributed by atoms with Crippen LogP contribution in [0.5, 0.6) is 0 Å². The smallest absolute Gasteiger partial charge is 0.458 e. The minimum atomic E-state index is -4.40. The average Bonchev–Trinajstić information content (AvgIpc) is 3.11. The highest BCUT2D eigenvalue weighted by atomic mass is 31.2. The molecule has 292 valence electrons. The lowest BCUT2D eigenvalue weighted by molar-refractivity contribution is -0.159. The van der Waals surface area contributed by atoms with Gasteiger partial charge >= 0.3 is 19.8 Å². The number of esters is 2. The molecule has 0 saturated carbocycles. The van der Waals surface area contributed by atoms with E-state index in [-0.39, 0.29) is 26.2 Å². The normalized spacial score (nSPS) is 14.2. The molecule has 0 aliphatic heterocycles. The van der Waals surface area contributed by atoms with Gasteiger partial charge in [-0.1, -0.05) is 164 Å². The fourth-order valence-electron chi connectivity index (χ4n) is 4.91. The van der Waals surface area contributed by atoms with Gasteiger partial charge in [0.15, 0.2) is 6.10 Å². The average molecular weight is 736 g/mol. The summed E-state index contributed by atoms with van der Waals surface area (Å²) in [6, 6.07) is 0. The van der Waals surface area contributed by atoms with Crippen LogP contribution in [0.25, 0.3) is 0 Å². The molecule has 9 nitrogen and oxygen atoms in total. The number of hydrogen-bond donors (Lipinski definition) is 2. The first-order valence-electron chi connectivity index (χ1n) is 19.5. The maximum atomic E-state index is 12.5. The summed E-state index contributed by atoms with van der Waals surface area (Å²) in [5, 5.41) is 0. The second kappa shape index (κ2) is 37.2. The number of rotatable bonds is 35. The van der Waals surface area contributed by atoms with E-state index in [1.165, 1.54) is 70.3 Å². The van der Waals surface area contributed by atoms with Crippen LogP contribution in [0.1, 0.15) is 142 Å². The Kier molecular flexibility index (Phi) is 35.4. The molecule has 3 N–H and O–H groups in total. The Balaban J connectivity index is 4.38. The molecule has 0 aliphatic rings. The highest BCUT2D eigenvalue weighted by Crippen LogP contribution is 2.43. The Morgan fingerprint density at radius 3 is 1.73 bits per heavy atom. The van der Waals surface area contributed by atoms with Crippen LogP contribution < -0.4 is 5.73 Å². The minimum Gasteiger partial charge on any atom is -0.458 e. The second-order valence-corrected chi connectivity index (χ2v) is 14.0. The molecule has 0 aromatic rings. The first kappa shape index (κ1) is 48.5. The van der Waals surface area contributed by atoms with Gasteiger partial charge in [-0.25, -0.2) is 9.36 Å². The molecule has 0 saturated heterocycles. The first-order chi connectivity index (χ1) is 24.8. The van der Waals surface area contributed by atoms with E-state index in [0.29, 0.717) is 6.42 Å². The minimum absolute atomic E-state index is 0.0350. The van der Waals surface area contributed by atoms with Crippen molar-refractivity contribution in [3.8, 4) is 0 Å². The molecule has 0 fully saturated rings. The van der Waals surface area contributed by atoms with Gasteiger partial charge in [0.1, 0.15) is 6.61 Å². The van der Waals surface area contributed by atoms with Crippen LogP contribution in [0.2, 0.25) is 0 Å². The van der Waals surface area contributed by atoms with Gasteiger partial charge in [0.05, 0.1) is 13.2 Å². The van der Waals surface area contributed by atoms with Gasteiger partial charge < -0.3 is 20.1 Å². The molecule has 0 aromatic carbocycles. The fourth-order valence-corrected chi connectivity index (χ4v) is 5.68. The predicted octanol–water partition coefficient (Wildman–Crippen LogP) is 10.7. The number of unbranched alkanes of at least 4 members (excludes halogenated alkanes) is 16.